The van der Waals surface area contributed by atoms with Gasteiger partial charge in [0.25, 0.3) is 0 Å². The predicted octanol–water partition coefficient (Wildman–Crippen LogP) is 3.57. The van der Waals surface area contributed by atoms with Crippen molar-refractivity contribution in [2.45, 2.75) is 12.2 Å². The fourth-order valence-electron chi connectivity index (χ4n) is 1.86. The van der Waals surface area contributed by atoms with Gasteiger partial charge in [0.2, 0.25) is 0 Å². The van der Waals surface area contributed by atoms with Crippen molar-refractivity contribution in [1.29, 1.82) is 0 Å². The third-order valence-electron chi connectivity index (χ3n) is 2.98. The molecule has 0 saturated carbocycles. The van der Waals surface area contributed by atoms with Gasteiger partial charge in [0.15, 0.2) is 0 Å². The molecule has 2 aromatic carbocycles. The normalized spacial score (nSPS) is 14.7. The molecule has 0 spiro atoms. The van der Waals surface area contributed by atoms with E-state index in [1.165, 1.54) is 0 Å². The number of benzene rings is 2. The highest BCUT2D eigenvalue weighted by Crippen LogP contribution is 2.15. The van der Waals surface area contributed by atoms with Gasteiger partial charge in [-0.05, 0) is 11.1 Å². The fraction of sp³-hybridized carbons (Fsp3) is 0.111. The van der Waals surface area contributed by atoms with Crippen LogP contribution in [0.1, 0.15) is 23.3 Å². The monoisotopic (exact) mass is 266 g/mol. The van der Waals surface area contributed by atoms with Crippen LogP contribution >= 0.6 is 0 Å². The topological polar surface area (TPSA) is 40.5 Å². The average Bonchev–Trinajstić information content (AvgIpc) is 2.53. The largest absolute Gasteiger partial charge is 0.384 e. The van der Waals surface area contributed by atoms with E-state index in [2.05, 4.69) is 0 Å². The minimum atomic E-state index is -0.630. The Morgan fingerprint density at radius 1 is 0.600 bits per heavy atom. The summed E-state index contributed by atoms with van der Waals surface area (Å²) in [6.45, 7) is 0. The number of aliphatic hydroxyl groups is 2. The van der Waals surface area contributed by atoms with E-state index in [4.69, 9.17) is 0 Å². The Balaban J connectivity index is 1.91. The minimum absolute atomic E-state index is 0.630. The molecule has 102 valence electrons. The highest BCUT2D eigenvalue weighted by atomic mass is 16.3. The van der Waals surface area contributed by atoms with Crippen molar-refractivity contribution in [3.8, 4) is 0 Å². The van der Waals surface area contributed by atoms with Crippen molar-refractivity contribution < 1.29 is 10.2 Å². The summed E-state index contributed by atoms with van der Waals surface area (Å²) in [5, 5.41) is 19.8. The molecule has 0 fully saturated rings. The average molecular weight is 266 g/mol. The van der Waals surface area contributed by atoms with E-state index in [0.717, 1.165) is 11.1 Å². The Labute approximate surface area is 119 Å². The zero-order chi connectivity index (χ0) is 14.2. The molecule has 2 nitrogen and oxygen atoms in total. The molecule has 20 heavy (non-hydrogen) atoms. The molecule has 0 amide bonds. The van der Waals surface area contributed by atoms with Gasteiger partial charge in [0.1, 0.15) is 0 Å². The maximum absolute atomic E-state index is 9.92. The Kier molecular flexibility index (Phi) is 5.30. The summed E-state index contributed by atoms with van der Waals surface area (Å²) >= 11 is 0. The minimum Gasteiger partial charge on any atom is -0.384 e. The molecule has 0 aliphatic rings. The molecular formula is C18H18O2. The summed E-state index contributed by atoms with van der Waals surface area (Å²) < 4.78 is 0. The highest BCUT2D eigenvalue weighted by molar-refractivity contribution is 5.24. The highest BCUT2D eigenvalue weighted by Gasteiger charge is 2.01. The molecule has 0 bridgehead atoms. The molecule has 2 heteroatoms. The Hall–Kier alpha value is -2.16. The molecule has 2 N–H and O–H groups in total. The van der Waals surface area contributed by atoms with Gasteiger partial charge >= 0.3 is 0 Å². The van der Waals surface area contributed by atoms with Crippen LogP contribution in [0.15, 0.2) is 85.0 Å². The SMILES string of the molecule is O[C@@H](/C=C\C=C/[C@H](O)c1ccccc1)c1ccccc1. The molecule has 0 unspecified atom stereocenters. The van der Waals surface area contributed by atoms with E-state index >= 15 is 0 Å². The van der Waals surface area contributed by atoms with Gasteiger partial charge < -0.3 is 10.2 Å². The van der Waals surface area contributed by atoms with Crippen molar-refractivity contribution in [3.05, 3.63) is 96.1 Å². The van der Waals surface area contributed by atoms with E-state index in [-0.39, 0.29) is 0 Å². The number of aliphatic hydroxyl groups excluding tert-OH is 2. The first-order valence-electron chi connectivity index (χ1n) is 6.58. The summed E-state index contributed by atoms with van der Waals surface area (Å²) in [6.07, 6.45) is 5.59. The first kappa shape index (κ1) is 14.3. The van der Waals surface area contributed by atoms with Crippen LogP contribution in [-0.4, -0.2) is 10.2 Å². The van der Waals surface area contributed by atoms with Crippen LogP contribution in [0, 0.1) is 0 Å². The van der Waals surface area contributed by atoms with Crippen LogP contribution in [0.5, 0.6) is 0 Å². The quantitative estimate of drug-likeness (QED) is 0.812. The van der Waals surface area contributed by atoms with E-state index in [9.17, 15) is 10.2 Å². The zero-order valence-electron chi connectivity index (χ0n) is 11.1. The van der Waals surface area contributed by atoms with Crippen LogP contribution in [0.25, 0.3) is 0 Å². The summed E-state index contributed by atoms with van der Waals surface area (Å²) in [6, 6.07) is 18.9. The van der Waals surface area contributed by atoms with Gasteiger partial charge in [-0.1, -0.05) is 85.0 Å². The first-order chi connectivity index (χ1) is 9.77. The second-order valence-corrected chi connectivity index (χ2v) is 4.48. The zero-order valence-corrected chi connectivity index (χ0v) is 11.1. The van der Waals surface area contributed by atoms with Crippen LogP contribution in [0.3, 0.4) is 0 Å². The van der Waals surface area contributed by atoms with E-state index in [0.29, 0.717) is 0 Å². The lowest BCUT2D eigenvalue weighted by Gasteiger charge is -2.05. The lowest BCUT2D eigenvalue weighted by molar-refractivity contribution is 0.227. The van der Waals surface area contributed by atoms with Gasteiger partial charge in [0.05, 0.1) is 12.2 Å². The van der Waals surface area contributed by atoms with Gasteiger partial charge in [0, 0.05) is 0 Å². The smallest absolute Gasteiger partial charge is 0.0974 e. The second-order valence-electron chi connectivity index (χ2n) is 4.48. The van der Waals surface area contributed by atoms with E-state index in [1.54, 1.807) is 24.3 Å². The molecule has 0 heterocycles. The molecule has 0 aliphatic heterocycles. The van der Waals surface area contributed by atoms with Crippen LogP contribution in [0.4, 0.5) is 0 Å². The van der Waals surface area contributed by atoms with Gasteiger partial charge in [-0.2, -0.15) is 0 Å². The summed E-state index contributed by atoms with van der Waals surface area (Å²) in [5.41, 5.74) is 1.70. The Morgan fingerprint density at radius 3 is 1.30 bits per heavy atom. The molecule has 0 aromatic heterocycles. The molecule has 0 saturated heterocycles. The lowest BCUT2D eigenvalue weighted by atomic mass is 10.1. The van der Waals surface area contributed by atoms with Gasteiger partial charge in [-0.15, -0.1) is 0 Å². The lowest BCUT2D eigenvalue weighted by Crippen LogP contribution is -1.92. The Morgan fingerprint density at radius 2 is 0.950 bits per heavy atom. The van der Waals surface area contributed by atoms with Crippen molar-refractivity contribution in [3.63, 3.8) is 0 Å². The summed E-state index contributed by atoms with van der Waals surface area (Å²) in [7, 11) is 0. The molecular weight excluding hydrogens is 248 g/mol. The van der Waals surface area contributed by atoms with Crippen LogP contribution in [-0.2, 0) is 0 Å². The van der Waals surface area contributed by atoms with Gasteiger partial charge in [-0.3, -0.25) is 0 Å². The van der Waals surface area contributed by atoms with Crippen molar-refractivity contribution >= 4 is 0 Å². The number of rotatable bonds is 5. The molecule has 2 atom stereocenters. The van der Waals surface area contributed by atoms with Crippen LogP contribution < -0.4 is 0 Å². The van der Waals surface area contributed by atoms with Crippen molar-refractivity contribution in [2.24, 2.45) is 0 Å². The molecule has 0 aliphatic carbocycles. The third kappa shape index (κ3) is 4.19. The molecule has 0 radical (unpaired) electrons. The van der Waals surface area contributed by atoms with E-state index < -0.39 is 12.2 Å². The molecule has 2 rings (SSSR count). The Bertz CT molecular complexity index is 505. The van der Waals surface area contributed by atoms with Crippen molar-refractivity contribution in [2.75, 3.05) is 0 Å². The maximum Gasteiger partial charge on any atom is 0.0974 e. The summed E-state index contributed by atoms with van der Waals surface area (Å²) in [5.74, 6) is 0. The van der Waals surface area contributed by atoms with Crippen molar-refractivity contribution in [1.82, 2.24) is 0 Å². The predicted molar refractivity (Wildman–Crippen MR) is 81.1 cm³/mol. The maximum atomic E-state index is 9.92. The van der Waals surface area contributed by atoms with Gasteiger partial charge in [-0.25, -0.2) is 0 Å². The number of allylic oxidation sites excluding steroid dienone is 2. The van der Waals surface area contributed by atoms with Crippen LogP contribution in [0.2, 0.25) is 0 Å². The second kappa shape index (κ2) is 7.43. The molecule has 2 aromatic rings. The number of hydrogen-bond donors (Lipinski definition) is 2. The first-order valence-corrected chi connectivity index (χ1v) is 6.58. The van der Waals surface area contributed by atoms with E-state index in [1.807, 2.05) is 60.7 Å². The third-order valence-corrected chi connectivity index (χ3v) is 2.98. The standard InChI is InChI=1S/C18H18O2/c19-17(15-9-3-1-4-10-15)13-7-8-14-18(20)16-11-5-2-6-12-16/h1-14,17-20H/b13-7-,14-8-/t17-,18-/m0/s1. The fourth-order valence-corrected chi connectivity index (χ4v) is 1.86. The number of hydrogen-bond acceptors (Lipinski definition) is 2. The summed E-state index contributed by atoms with van der Waals surface area (Å²) in [4.78, 5) is 0.